The predicted molar refractivity (Wildman–Crippen MR) is 85.9 cm³/mol. The average molecular weight is 298 g/mol. The van der Waals surface area contributed by atoms with Crippen LogP contribution in [0.15, 0.2) is 36.5 Å². The molecule has 1 aliphatic carbocycles. The Morgan fingerprint density at radius 3 is 2.59 bits per heavy atom. The highest BCUT2D eigenvalue weighted by Crippen LogP contribution is 2.32. The number of rotatable bonds is 4. The summed E-state index contributed by atoms with van der Waals surface area (Å²) in [6.45, 7) is 2.64. The Labute approximate surface area is 131 Å². The molecule has 4 heteroatoms. The third-order valence-corrected chi connectivity index (χ3v) is 4.68. The Hall–Kier alpha value is -1.97. The second kappa shape index (κ2) is 5.67. The van der Waals surface area contributed by atoms with Crippen LogP contribution in [-0.4, -0.2) is 36.5 Å². The van der Waals surface area contributed by atoms with Crippen molar-refractivity contribution in [2.24, 2.45) is 5.92 Å². The molecular weight excluding hydrogens is 276 g/mol. The van der Waals surface area contributed by atoms with Crippen molar-refractivity contribution in [2.45, 2.75) is 31.8 Å². The van der Waals surface area contributed by atoms with E-state index >= 15 is 0 Å². The van der Waals surface area contributed by atoms with Crippen molar-refractivity contribution >= 4 is 11.6 Å². The molecule has 1 aromatic carbocycles. The predicted octanol–water partition coefficient (Wildman–Crippen LogP) is 2.80. The van der Waals surface area contributed by atoms with E-state index < -0.39 is 0 Å². The van der Waals surface area contributed by atoms with Crippen LogP contribution in [0.25, 0.3) is 0 Å². The van der Waals surface area contributed by atoms with Gasteiger partial charge in [0.2, 0.25) is 5.91 Å². The van der Waals surface area contributed by atoms with E-state index in [0.29, 0.717) is 11.8 Å². The molecular formula is C18H22N2O2. The molecule has 22 heavy (non-hydrogen) atoms. The smallest absolute Gasteiger partial charge is 0.225 e. The molecule has 2 aliphatic heterocycles. The third kappa shape index (κ3) is 2.82. The zero-order valence-corrected chi connectivity index (χ0v) is 12.8. The van der Waals surface area contributed by atoms with Gasteiger partial charge in [0.25, 0.3) is 0 Å². The summed E-state index contributed by atoms with van der Waals surface area (Å²) in [6, 6.07) is 8.28. The number of ether oxygens (including phenoxy) is 1. The van der Waals surface area contributed by atoms with E-state index in [2.05, 4.69) is 29.3 Å². The minimum atomic E-state index is 0.139. The molecule has 116 valence electrons. The summed E-state index contributed by atoms with van der Waals surface area (Å²) in [5.74, 6) is 1.55. The Morgan fingerprint density at radius 1 is 1.09 bits per heavy atom. The second-order valence-electron chi connectivity index (χ2n) is 6.45. The maximum Gasteiger partial charge on any atom is 0.225 e. The minimum absolute atomic E-state index is 0.139. The number of carbonyl (C=O) groups excluding carboxylic acids is 1. The number of likely N-dealkylation sites (tertiary alicyclic amines) is 1. The highest BCUT2D eigenvalue weighted by atomic mass is 16.5. The van der Waals surface area contributed by atoms with Crippen molar-refractivity contribution < 1.29 is 9.53 Å². The quantitative estimate of drug-likeness (QED) is 0.857. The Kier molecular flexibility index (Phi) is 3.53. The van der Waals surface area contributed by atoms with Crippen LogP contribution in [0.2, 0.25) is 0 Å². The topological polar surface area (TPSA) is 32.8 Å². The van der Waals surface area contributed by atoms with E-state index in [9.17, 15) is 4.79 Å². The molecule has 0 radical (unpaired) electrons. The Bertz CT molecular complexity index is 577. The van der Waals surface area contributed by atoms with Crippen LogP contribution in [0, 0.1) is 5.92 Å². The highest BCUT2D eigenvalue weighted by molar-refractivity contribution is 5.81. The van der Waals surface area contributed by atoms with Gasteiger partial charge in [-0.05, 0) is 43.5 Å². The second-order valence-corrected chi connectivity index (χ2v) is 6.45. The molecule has 0 N–H and O–H groups in total. The number of anilines is 1. The van der Waals surface area contributed by atoms with Crippen LogP contribution in [0.4, 0.5) is 5.69 Å². The maximum atomic E-state index is 12.1. The van der Waals surface area contributed by atoms with E-state index in [4.69, 9.17) is 4.74 Å². The van der Waals surface area contributed by atoms with Crippen LogP contribution in [0.5, 0.6) is 5.75 Å². The molecule has 2 fully saturated rings. The lowest BCUT2D eigenvalue weighted by atomic mass is 10.2. The lowest BCUT2D eigenvalue weighted by Gasteiger charge is -2.18. The van der Waals surface area contributed by atoms with Crippen LogP contribution in [-0.2, 0) is 4.79 Å². The SMILES string of the molecule is O=C(C1CC1)N1CCC(Oc2ccc(N3C=CCC3)cc2)C1. The molecule has 1 aromatic rings. The van der Waals surface area contributed by atoms with Crippen molar-refractivity contribution in [3.05, 3.63) is 36.5 Å². The molecule has 4 nitrogen and oxygen atoms in total. The normalized spacial score (nSPS) is 24.1. The lowest BCUT2D eigenvalue weighted by Crippen LogP contribution is -2.31. The van der Waals surface area contributed by atoms with Crippen LogP contribution in [0.1, 0.15) is 25.7 Å². The van der Waals surface area contributed by atoms with E-state index in [1.165, 1.54) is 5.69 Å². The van der Waals surface area contributed by atoms with Crippen molar-refractivity contribution in [3.63, 3.8) is 0 Å². The number of benzene rings is 1. The molecule has 1 amide bonds. The van der Waals surface area contributed by atoms with E-state index in [1.807, 2.05) is 17.0 Å². The van der Waals surface area contributed by atoms with Gasteiger partial charge in [-0.2, -0.15) is 0 Å². The summed E-state index contributed by atoms with van der Waals surface area (Å²) in [5.41, 5.74) is 1.21. The van der Waals surface area contributed by atoms with Gasteiger partial charge in [0.1, 0.15) is 11.9 Å². The fraction of sp³-hybridized carbons (Fsp3) is 0.500. The van der Waals surface area contributed by atoms with E-state index in [-0.39, 0.29) is 6.10 Å². The van der Waals surface area contributed by atoms with Gasteiger partial charge in [-0.3, -0.25) is 4.79 Å². The summed E-state index contributed by atoms with van der Waals surface area (Å²) in [7, 11) is 0. The summed E-state index contributed by atoms with van der Waals surface area (Å²) in [6.07, 6.45) is 8.67. The van der Waals surface area contributed by atoms with Gasteiger partial charge in [0.05, 0.1) is 6.54 Å². The van der Waals surface area contributed by atoms with Gasteiger partial charge in [0.15, 0.2) is 0 Å². The number of carbonyl (C=O) groups is 1. The highest BCUT2D eigenvalue weighted by Gasteiger charge is 2.37. The van der Waals surface area contributed by atoms with Gasteiger partial charge in [-0.1, -0.05) is 6.08 Å². The largest absolute Gasteiger partial charge is 0.489 e. The molecule has 1 atom stereocenters. The zero-order chi connectivity index (χ0) is 14.9. The van der Waals surface area contributed by atoms with Crippen LogP contribution < -0.4 is 9.64 Å². The first kappa shape index (κ1) is 13.7. The number of hydrogen-bond acceptors (Lipinski definition) is 3. The van der Waals surface area contributed by atoms with Crippen molar-refractivity contribution in [2.75, 3.05) is 24.5 Å². The first-order chi connectivity index (χ1) is 10.8. The maximum absolute atomic E-state index is 12.1. The fourth-order valence-electron chi connectivity index (χ4n) is 3.23. The number of amides is 1. The molecule has 3 aliphatic rings. The third-order valence-electron chi connectivity index (χ3n) is 4.68. The molecule has 1 saturated carbocycles. The molecule has 0 spiro atoms. The van der Waals surface area contributed by atoms with Crippen molar-refractivity contribution in [1.29, 1.82) is 0 Å². The Balaban J connectivity index is 1.33. The van der Waals surface area contributed by atoms with Crippen molar-refractivity contribution in [3.8, 4) is 5.75 Å². The van der Waals surface area contributed by atoms with Gasteiger partial charge in [0, 0.05) is 37.3 Å². The summed E-state index contributed by atoms with van der Waals surface area (Å²) < 4.78 is 6.04. The molecule has 1 saturated heterocycles. The zero-order valence-electron chi connectivity index (χ0n) is 12.8. The summed E-state index contributed by atoms with van der Waals surface area (Å²) >= 11 is 0. The molecule has 0 aromatic heterocycles. The number of hydrogen-bond donors (Lipinski definition) is 0. The number of nitrogens with zero attached hydrogens (tertiary/aromatic N) is 2. The summed E-state index contributed by atoms with van der Waals surface area (Å²) in [4.78, 5) is 16.3. The van der Waals surface area contributed by atoms with Gasteiger partial charge < -0.3 is 14.5 Å². The van der Waals surface area contributed by atoms with E-state index in [0.717, 1.165) is 51.1 Å². The van der Waals surface area contributed by atoms with Crippen molar-refractivity contribution in [1.82, 2.24) is 4.90 Å². The van der Waals surface area contributed by atoms with Gasteiger partial charge >= 0.3 is 0 Å². The summed E-state index contributed by atoms with van der Waals surface area (Å²) in [5, 5.41) is 0. The molecule has 0 bridgehead atoms. The van der Waals surface area contributed by atoms with Crippen LogP contribution in [0.3, 0.4) is 0 Å². The first-order valence-corrected chi connectivity index (χ1v) is 8.28. The first-order valence-electron chi connectivity index (χ1n) is 8.28. The molecule has 1 unspecified atom stereocenters. The van der Waals surface area contributed by atoms with Gasteiger partial charge in [-0.15, -0.1) is 0 Å². The van der Waals surface area contributed by atoms with Gasteiger partial charge in [-0.25, -0.2) is 0 Å². The standard InChI is InChI=1S/C18H22N2O2/c21-18(14-3-4-14)20-12-9-17(13-20)22-16-7-5-15(6-8-16)19-10-1-2-11-19/h1,5-8,10,14,17H,2-4,9,11-13H2. The molecule has 2 heterocycles. The lowest BCUT2D eigenvalue weighted by molar-refractivity contribution is -0.131. The minimum Gasteiger partial charge on any atom is -0.489 e. The average Bonchev–Trinajstić information content (AvgIpc) is 3.05. The van der Waals surface area contributed by atoms with Crippen LogP contribution >= 0.6 is 0 Å². The van der Waals surface area contributed by atoms with E-state index in [1.54, 1.807) is 0 Å². The monoisotopic (exact) mass is 298 g/mol. The fourth-order valence-corrected chi connectivity index (χ4v) is 3.23. The Morgan fingerprint density at radius 2 is 1.91 bits per heavy atom. The molecule has 4 rings (SSSR count).